The molecule has 2 N–H and O–H groups in total. The Bertz CT molecular complexity index is 519. The number of aliphatic hydroxyl groups is 1. The molecular weight excluding hydrogens is 263 g/mol. The first-order valence-corrected chi connectivity index (χ1v) is 6.62. The number of nitrogens with one attached hydrogen (secondary N) is 1. The summed E-state index contributed by atoms with van der Waals surface area (Å²) in [6.07, 6.45) is 1.67. The molecule has 1 aliphatic heterocycles. The van der Waals surface area contributed by atoms with Gasteiger partial charge in [-0.1, -0.05) is 0 Å². The fourth-order valence-corrected chi connectivity index (χ4v) is 2.15. The maximum atomic E-state index is 13.7. The second-order valence-electron chi connectivity index (χ2n) is 4.65. The predicted molar refractivity (Wildman–Crippen MR) is 72.0 cm³/mol. The van der Waals surface area contributed by atoms with Crippen LogP contribution in [0.25, 0.3) is 0 Å². The van der Waals surface area contributed by atoms with Crippen LogP contribution in [0.3, 0.4) is 0 Å². The number of carbonyl (C=O) groups excluding carboxylic acids is 2. The maximum absolute atomic E-state index is 13.7. The van der Waals surface area contributed by atoms with E-state index in [9.17, 15) is 14.0 Å². The average molecular weight is 280 g/mol. The molecule has 0 saturated carbocycles. The van der Waals surface area contributed by atoms with Gasteiger partial charge in [-0.15, -0.1) is 0 Å². The number of halogens is 1. The Morgan fingerprint density at radius 1 is 1.45 bits per heavy atom. The molecule has 2 amide bonds. The Labute approximate surface area is 116 Å². The third-order valence-electron chi connectivity index (χ3n) is 3.20. The lowest BCUT2D eigenvalue weighted by Crippen LogP contribution is -2.27. The summed E-state index contributed by atoms with van der Waals surface area (Å²) >= 11 is 0. The standard InChI is InChI=1S/C14H17FN2O3/c15-12-5-4-10(17-7-1-3-13(17)19)9-11(12)14(20)16-6-2-8-18/h4-5,9,18H,1-3,6-8H2,(H,16,20). The minimum Gasteiger partial charge on any atom is -0.396 e. The summed E-state index contributed by atoms with van der Waals surface area (Å²) < 4.78 is 13.7. The molecule has 0 spiro atoms. The highest BCUT2D eigenvalue weighted by molar-refractivity contribution is 5.99. The van der Waals surface area contributed by atoms with Crippen molar-refractivity contribution in [3.63, 3.8) is 0 Å². The largest absolute Gasteiger partial charge is 0.396 e. The zero-order valence-electron chi connectivity index (χ0n) is 11.1. The van der Waals surface area contributed by atoms with E-state index in [2.05, 4.69) is 5.32 Å². The van der Waals surface area contributed by atoms with Crippen LogP contribution in [0.15, 0.2) is 18.2 Å². The summed E-state index contributed by atoms with van der Waals surface area (Å²) in [5.41, 5.74) is 0.460. The Morgan fingerprint density at radius 3 is 2.90 bits per heavy atom. The number of anilines is 1. The normalized spacial score (nSPS) is 14.7. The summed E-state index contributed by atoms with van der Waals surface area (Å²) in [6.45, 7) is 0.836. The quantitative estimate of drug-likeness (QED) is 0.793. The fraction of sp³-hybridized carbons (Fsp3) is 0.429. The van der Waals surface area contributed by atoms with Crippen molar-refractivity contribution in [1.29, 1.82) is 0 Å². The van der Waals surface area contributed by atoms with E-state index in [0.717, 1.165) is 6.42 Å². The average Bonchev–Trinajstić information content (AvgIpc) is 2.86. The van der Waals surface area contributed by atoms with E-state index < -0.39 is 11.7 Å². The molecule has 1 aliphatic rings. The van der Waals surface area contributed by atoms with Crippen LogP contribution < -0.4 is 10.2 Å². The highest BCUT2D eigenvalue weighted by Gasteiger charge is 2.23. The van der Waals surface area contributed by atoms with Gasteiger partial charge in [0.05, 0.1) is 5.56 Å². The fourth-order valence-electron chi connectivity index (χ4n) is 2.15. The number of hydrogen-bond donors (Lipinski definition) is 2. The van der Waals surface area contributed by atoms with E-state index in [0.29, 0.717) is 25.1 Å². The third-order valence-corrected chi connectivity index (χ3v) is 3.20. The van der Waals surface area contributed by atoms with Crippen molar-refractivity contribution in [2.45, 2.75) is 19.3 Å². The van der Waals surface area contributed by atoms with Crippen molar-refractivity contribution in [3.8, 4) is 0 Å². The third kappa shape index (κ3) is 3.14. The van der Waals surface area contributed by atoms with Crippen LogP contribution in [0.4, 0.5) is 10.1 Å². The Balaban J connectivity index is 2.16. The molecule has 2 rings (SSSR count). The zero-order chi connectivity index (χ0) is 14.5. The second-order valence-corrected chi connectivity index (χ2v) is 4.65. The number of amides is 2. The molecule has 1 saturated heterocycles. The predicted octanol–water partition coefficient (Wildman–Crippen LogP) is 1.06. The first-order valence-electron chi connectivity index (χ1n) is 6.62. The lowest BCUT2D eigenvalue weighted by molar-refractivity contribution is -0.117. The number of aliphatic hydroxyl groups excluding tert-OH is 1. The van der Waals surface area contributed by atoms with Crippen molar-refractivity contribution >= 4 is 17.5 Å². The van der Waals surface area contributed by atoms with Crippen LogP contribution in [-0.4, -0.2) is 36.6 Å². The lowest BCUT2D eigenvalue weighted by atomic mass is 10.1. The molecule has 1 fully saturated rings. The van der Waals surface area contributed by atoms with Crippen LogP contribution in [0.1, 0.15) is 29.6 Å². The molecule has 1 aromatic rings. The van der Waals surface area contributed by atoms with Crippen LogP contribution in [-0.2, 0) is 4.79 Å². The molecule has 0 aliphatic carbocycles. The number of carbonyl (C=O) groups is 2. The van der Waals surface area contributed by atoms with Crippen LogP contribution in [0, 0.1) is 5.82 Å². The molecule has 1 aromatic carbocycles. The minimum absolute atomic E-state index is 0.0109. The topological polar surface area (TPSA) is 69.6 Å². The SMILES string of the molecule is O=C(NCCCO)c1cc(N2CCCC2=O)ccc1F. The number of benzene rings is 1. The minimum atomic E-state index is -0.623. The molecule has 1 heterocycles. The summed E-state index contributed by atoms with van der Waals surface area (Å²) in [7, 11) is 0. The molecule has 6 heteroatoms. The zero-order valence-corrected chi connectivity index (χ0v) is 11.1. The molecule has 0 bridgehead atoms. The highest BCUT2D eigenvalue weighted by atomic mass is 19.1. The number of rotatable bonds is 5. The summed E-state index contributed by atoms with van der Waals surface area (Å²) in [5.74, 6) is -1.17. The van der Waals surface area contributed by atoms with Gasteiger partial charge >= 0.3 is 0 Å². The molecular formula is C14H17FN2O3. The Morgan fingerprint density at radius 2 is 2.25 bits per heavy atom. The van der Waals surface area contributed by atoms with E-state index in [1.54, 1.807) is 4.90 Å². The van der Waals surface area contributed by atoms with Crippen molar-refractivity contribution < 1.29 is 19.1 Å². The van der Waals surface area contributed by atoms with E-state index in [-0.39, 0.29) is 24.6 Å². The first kappa shape index (κ1) is 14.5. The summed E-state index contributed by atoms with van der Waals surface area (Å²) in [5, 5.41) is 11.2. The first-order chi connectivity index (χ1) is 9.63. The van der Waals surface area contributed by atoms with Gasteiger partial charge in [0, 0.05) is 31.8 Å². The van der Waals surface area contributed by atoms with E-state index >= 15 is 0 Å². The second kappa shape index (κ2) is 6.47. The van der Waals surface area contributed by atoms with Gasteiger partial charge in [0.2, 0.25) is 5.91 Å². The van der Waals surface area contributed by atoms with Crippen molar-refractivity contribution in [2.24, 2.45) is 0 Å². The molecule has 0 radical (unpaired) electrons. The highest BCUT2D eigenvalue weighted by Crippen LogP contribution is 2.23. The maximum Gasteiger partial charge on any atom is 0.254 e. The summed E-state index contributed by atoms with van der Waals surface area (Å²) in [4.78, 5) is 25.1. The molecule has 108 valence electrons. The van der Waals surface area contributed by atoms with Gasteiger partial charge in [-0.05, 0) is 31.0 Å². The van der Waals surface area contributed by atoms with Gasteiger partial charge in [-0.3, -0.25) is 9.59 Å². The molecule has 20 heavy (non-hydrogen) atoms. The van der Waals surface area contributed by atoms with E-state index in [1.807, 2.05) is 0 Å². The van der Waals surface area contributed by atoms with Gasteiger partial charge < -0.3 is 15.3 Å². The Kier molecular flexibility index (Phi) is 4.68. The molecule has 0 unspecified atom stereocenters. The molecule has 0 atom stereocenters. The van der Waals surface area contributed by atoms with Crippen molar-refractivity contribution in [1.82, 2.24) is 5.32 Å². The van der Waals surface area contributed by atoms with Crippen molar-refractivity contribution in [2.75, 3.05) is 24.6 Å². The van der Waals surface area contributed by atoms with E-state index in [1.165, 1.54) is 18.2 Å². The van der Waals surface area contributed by atoms with Gasteiger partial charge in [0.25, 0.3) is 5.91 Å². The van der Waals surface area contributed by atoms with Crippen LogP contribution in [0.5, 0.6) is 0 Å². The molecule has 0 aromatic heterocycles. The van der Waals surface area contributed by atoms with Gasteiger partial charge in [0.15, 0.2) is 0 Å². The van der Waals surface area contributed by atoms with Gasteiger partial charge in [0.1, 0.15) is 5.82 Å². The van der Waals surface area contributed by atoms with Crippen LogP contribution in [0.2, 0.25) is 0 Å². The lowest BCUT2D eigenvalue weighted by Gasteiger charge is -2.16. The smallest absolute Gasteiger partial charge is 0.254 e. The number of nitrogens with zero attached hydrogens (tertiary/aromatic N) is 1. The molecule has 5 nitrogen and oxygen atoms in total. The number of hydrogen-bond acceptors (Lipinski definition) is 3. The van der Waals surface area contributed by atoms with Crippen LogP contribution >= 0.6 is 0 Å². The van der Waals surface area contributed by atoms with E-state index in [4.69, 9.17) is 5.11 Å². The van der Waals surface area contributed by atoms with Gasteiger partial charge in [-0.2, -0.15) is 0 Å². The summed E-state index contributed by atoms with van der Waals surface area (Å²) in [6, 6.07) is 4.10. The monoisotopic (exact) mass is 280 g/mol. The van der Waals surface area contributed by atoms with Crippen molar-refractivity contribution in [3.05, 3.63) is 29.6 Å². The Hall–Kier alpha value is -1.95. The van der Waals surface area contributed by atoms with Gasteiger partial charge in [-0.25, -0.2) is 4.39 Å².